The third-order valence-electron chi connectivity index (χ3n) is 4.55. The van der Waals surface area contributed by atoms with Gasteiger partial charge in [0.1, 0.15) is 22.4 Å². The van der Waals surface area contributed by atoms with Crippen LogP contribution in [0.1, 0.15) is 24.6 Å². The number of carboxylic acids is 1. The number of carbonyl (C=O) groups excluding carboxylic acids is 1. The molecule has 3 rings (SSSR count). The van der Waals surface area contributed by atoms with Gasteiger partial charge in [-0.1, -0.05) is 23.7 Å². The molecule has 0 fully saturated rings. The minimum absolute atomic E-state index is 0.114. The first kappa shape index (κ1) is 21.1. The van der Waals surface area contributed by atoms with Crippen LogP contribution in [0.4, 0.5) is 8.78 Å². The topological polar surface area (TPSA) is 67.3 Å². The summed E-state index contributed by atoms with van der Waals surface area (Å²) in [4.78, 5) is 28.8. The Morgan fingerprint density at radius 3 is 2.66 bits per heavy atom. The smallest absolute Gasteiger partial charge is 0.314 e. The standard InChI is InChI=1S/C21H16ClF2NO3S/c1-21(20(27)28,17-8-14(23)5-6-18(17)24)10-16(26)9-15-11-29-19(25-15)12-3-2-4-13(22)7-12/h2-8,11H,9-10H2,1H3,(H,27,28). The highest BCUT2D eigenvalue weighted by Crippen LogP contribution is 2.32. The van der Waals surface area contributed by atoms with E-state index in [0.717, 1.165) is 23.8 Å². The third-order valence-corrected chi connectivity index (χ3v) is 5.72. The number of benzene rings is 2. The van der Waals surface area contributed by atoms with Gasteiger partial charge < -0.3 is 5.11 Å². The van der Waals surface area contributed by atoms with Crippen molar-refractivity contribution >= 4 is 34.7 Å². The number of hydrogen-bond acceptors (Lipinski definition) is 4. The predicted molar refractivity (Wildman–Crippen MR) is 107 cm³/mol. The van der Waals surface area contributed by atoms with Crippen molar-refractivity contribution in [2.75, 3.05) is 0 Å². The molecule has 0 bridgehead atoms. The summed E-state index contributed by atoms with van der Waals surface area (Å²) in [6, 6.07) is 9.68. The van der Waals surface area contributed by atoms with Crippen molar-refractivity contribution in [2.45, 2.75) is 25.2 Å². The molecule has 29 heavy (non-hydrogen) atoms. The Bertz CT molecular complexity index is 1090. The Balaban J connectivity index is 1.80. The van der Waals surface area contributed by atoms with Gasteiger partial charge in [-0.15, -0.1) is 11.3 Å². The number of thiazole rings is 1. The molecule has 0 amide bonds. The van der Waals surface area contributed by atoms with Gasteiger partial charge in [0.15, 0.2) is 0 Å². The first-order valence-electron chi connectivity index (χ1n) is 8.60. The number of carbonyl (C=O) groups is 2. The predicted octanol–water partition coefficient (Wildman–Crippen LogP) is 5.29. The van der Waals surface area contributed by atoms with E-state index in [1.807, 2.05) is 6.07 Å². The van der Waals surface area contributed by atoms with Crippen molar-refractivity contribution in [2.24, 2.45) is 0 Å². The number of hydrogen-bond donors (Lipinski definition) is 1. The van der Waals surface area contributed by atoms with Crippen LogP contribution in [-0.4, -0.2) is 21.8 Å². The molecule has 3 aromatic rings. The van der Waals surface area contributed by atoms with Crippen molar-refractivity contribution in [3.63, 3.8) is 0 Å². The zero-order chi connectivity index (χ0) is 21.2. The first-order chi connectivity index (χ1) is 13.7. The number of aliphatic carboxylic acids is 1. The lowest BCUT2D eigenvalue weighted by Crippen LogP contribution is -2.36. The Hall–Kier alpha value is -2.64. The van der Waals surface area contributed by atoms with Crippen LogP contribution in [0.5, 0.6) is 0 Å². The van der Waals surface area contributed by atoms with E-state index in [1.54, 1.807) is 23.6 Å². The Morgan fingerprint density at radius 2 is 1.97 bits per heavy atom. The molecule has 1 heterocycles. The van der Waals surface area contributed by atoms with Crippen molar-refractivity contribution in [3.8, 4) is 10.6 Å². The number of rotatable bonds is 7. The molecule has 0 aliphatic rings. The maximum Gasteiger partial charge on any atom is 0.314 e. The number of nitrogens with zero attached hydrogens (tertiary/aromatic N) is 1. The van der Waals surface area contributed by atoms with Crippen LogP contribution in [0.2, 0.25) is 5.02 Å². The quantitative estimate of drug-likeness (QED) is 0.547. The third kappa shape index (κ3) is 4.68. The summed E-state index contributed by atoms with van der Waals surface area (Å²) in [5.74, 6) is -3.50. The van der Waals surface area contributed by atoms with Gasteiger partial charge in [-0.05, 0) is 37.3 Å². The van der Waals surface area contributed by atoms with E-state index in [2.05, 4.69) is 4.98 Å². The van der Waals surface area contributed by atoms with E-state index in [4.69, 9.17) is 11.6 Å². The lowest BCUT2D eigenvalue weighted by Gasteiger charge is -2.25. The molecule has 0 aliphatic carbocycles. The monoisotopic (exact) mass is 435 g/mol. The van der Waals surface area contributed by atoms with Crippen molar-refractivity contribution in [1.82, 2.24) is 4.98 Å². The molecule has 1 unspecified atom stereocenters. The average molecular weight is 436 g/mol. The molecule has 0 saturated heterocycles. The van der Waals surface area contributed by atoms with Gasteiger partial charge in [-0.2, -0.15) is 0 Å². The molecule has 0 radical (unpaired) electrons. The van der Waals surface area contributed by atoms with E-state index in [9.17, 15) is 23.5 Å². The average Bonchev–Trinajstić information content (AvgIpc) is 3.11. The van der Waals surface area contributed by atoms with Crippen LogP contribution in [0.3, 0.4) is 0 Å². The summed E-state index contributed by atoms with van der Waals surface area (Å²) < 4.78 is 27.7. The van der Waals surface area contributed by atoms with Gasteiger partial charge in [0.25, 0.3) is 0 Å². The number of Topliss-reactive ketones (excluding diaryl/α,β-unsaturated/α-hetero) is 1. The molecule has 4 nitrogen and oxygen atoms in total. The Labute approximate surface area is 174 Å². The second-order valence-corrected chi connectivity index (χ2v) is 8.10. The van der Waals surface area contributed by atoms with E-state index in [1.165, 1.54) is 18.3 Å². The molecule has 1 N–H and O–H groups in total. The summed E-state index contributed by atoms with van der Waals surface area (Å²) in [5, 5.41) is 12.6. The number of ketones is 1. The molecule has 0 spiro atoms. The van der Waals surface area contributed by atoms with Crippen LogP contribution >= 0.6 is 22.9 Å². The van der Waals surface area contributed by atoms with Gasteiger partial charge in [0, 0.05) is 34.4 Å². The van der Waals surface area contributed by atoms with E-state index >= 15 is 0 Å². The maximum atomic E-state index is 14.2. The second-order valence-electron chi connectivity index (χ2n) is 6.81. The highest BCUT2D eigenvalue weighted by molar-refractivity contribution is 7.13. The largest absolute Gasteiger partial charge is 0.481 e. The van der Waals surface area contributed by atoms with Crippen LogP contribution in [0.15, 0.2) is 47.8 Å². The fourth-order valence-electron chi connectivity index (χ4n) is 3.01. The molecule has 150 valence electrons. The van der Waals surface area contributed by atoms with Gasteiger partial charge in [0.2, 0.25) is 0 Å². The molecular formula is C21H16ClF2NO3S. The van der Waals surface area contributed by atoms with Gasteiger partial charge in [-0.3, -0.25) is 9.59 Å². The van der Waals surface area contributed by atoms with Gasteiger partial charge >= 0.3 is 5.97 Å². The van der Waals surface area contributed by atoms with Crippen molar-refractivity contribution in [1.29, 1.82) is 0 Å². The molecule has 0 saturated carbocycles. The highest BCUT2D eigenvalue weighted by Gasteiger charge is 2.40. The van der Waals surface area contributed by atoms with Gasteiger partial charge in [-0.25, -0.2) is 13.8 Å². The molecule has 0 aliphatic heterocycles. The van der Waals surface area contributed by atoms with E-state index in [-0.39, 0.29) is 12.0 Å². The molecule has 8 heteroatoms. The molecule has 1 atom stereocenters. The lowest BCUT2D eigenvalue weighted by molar-refractivity contribution is -0.145. The minimum Gasteiger partial charge on any atom is -0.481 e. The normalized spacial score (nSPS) is 13.1. The van der Waals surface area contributed by atoms with Crippen LogP contribution < -0.4 is 0 Å². The van der Waals surface area contributed by atoms with Crippen LogP contribution in [0.25, 0.3) is 10.6 Å². The van der Waals surface area contributed by atoms with Crippen molar-refractivity contribution < 1.29 is 23.5 Å². The van der Waals surface area contributed by atoms with E-state index in [0.29, 0.717) is 15.7 Å². The summed E-state index contributed by atoms with van der Waals surface area (Å²) in [5.41, 5.74) is -0.980. The van der Waals surface area contributed by atoms with Crippen LogP contribution in [0, 0.1) is 11.6 Å². The summed E-state index contributed by atoms with van der Waals surface area (Å²) in [7, 11) is 0. The fraction of sp³-hybridized carbons (Fsp3) is 0.190. The van der Waals surface area contributed by atoms with Gasteiger partial charge in [0.05, 0.1) is 11.1 Å². The molecule has 1 aromatic heterocycles. The zero-order valence-corrected chi connectivity index (χ0v) is 16.9. The lowest BCUT2D eigenvalue weighted by atomic mass is 9.77. The SMILES string of the molecule is CC(CC(=O)Cc1csc(-c2cccc(Cl)c2)n1)(C(=O)O)c1cc(F)ccc1F. The Morgan fingerprint density at radius 1 is 1.21 bits per heavy atom. The maximum absolute atomic E-state index is 14.2. The highest BCUT2D eigenvalue weighted by atomic mass is 35.5. The minimum atomic E-state index is -1.89. The van der Waals surface area contributed by atoms with Crippen molar-refractivity contribution in [3.05, 3.63) is 75.8 Å². The van der Waals surface area contributed by atoms with E-state index < -0.39 is 35.2 Å². The molecule has 2 aromatic carbocycles. The van der Waals surface area contributed by atoms with Crippen LogP contribution in [-0.2, 0) is 21.4 Å². The first-order valence-corrected chi connectivity index (χ1v) is 9.86. The fourth-order valence-corrected chi connectivity index (χ4v) is 4.01. The molecular weight excluding hydrogens is 420 g/mol. The number of halogens is 3. The summed E-state index contributed by atoms with van der Waals surface area (Å²) >= 11 is 7.31. The second kappa shape index (κ2) is 8.39. The number of carboxylic acid groups (broad SMARTS) is 1. The number of aromatic nitrogens is 1. The Kier molecular flexibility index (Phi) is 6.10. The summed E-state index contributed by atoms with van der Waals surface area (Å²) in [6.45, 7) is 1.21. The summed E-state index contributed by atoms with van der Waals surface area (Å²) in [6.07, 6.45) is -0.608. The zero-order valence-electron chi connectivity index (χ0n) is 15.3.